The SMILES string of the molecule is C.CC1(C)OB(B2OC(C)(C)C(C)(C)O2)OC1(C)C.CCOCOCc1cc(Oc2ccc(F)cc2)ccc1B1OC(C)(C)C(C)(C)O1.CCOCOCc1cc(Oc2ccc(F)cc2)ccc1Br.I.[HH]. The average molecular weight is 1160 g/mol. The van der Waals surface area contributed by atoms with Crippen LogP contribution in [0.1, 0.15) is 117 Å². The van der Waals surface area contributed by atoms with Gasteiger partial charge in [0.1, 0.15) is 48.2 Å². The maximum atomic E-state index is 13.1. The van der Waals surface area contributed by atoms with Gasteiger partial charge in [-0.1, -0.05) is 29.4 Å². The average Bonchev–Trinajstić information content (AvgIpc) is 3.73. The zero-order chi connectivity index (χ0) is 50.1. The van der Waals surface area contributed by atoms with Crippen LogP contribution in [0.25, 0.3) is 0 Å². The summed E-state index contributed by atoms with van der Waals surface area (Å²) in [5.74, 6) is 1.82. The van der Waals surface area contributed by atoms with E-state index >= 15 is 0 Å². The monoisotopic (exact) mass is 1160 g/mol. The molecule has 0 bridgehead atoms. The smallest absolute Gasteiger partial charge is 0.457 e. The second kappa shape index (κ2) is 26.0. The molecule has 3 fully saturated rings. The summed E-state index contributed by atoms with van der Waals surface area (Å²) in [6.07, 6.45) is 0. The van der Waals surface area contributed by atoms with Crippen molar-refractivity contribution in [2.75, 3.05) is 26.8 Å². The summed E-state index contributed by atoms with van der Waals surface area (Å²) in [7, 11) is -1.46. The quantitative estimate of drug-likeness (QED) is 0.0461. The Morgan fingerprint density at radius 1 is 0.471 bits per heavy atom. The number of hydrogen-bond acceptors (Lipinski definition) is 12. The van der Waals surface area contributed by atoms with E-state index in [0.717, 1.165) is 21.1 Å². The first kappa shape index (κ1) is 61.6. The second-order valence-corrected chi connectivity index (χ2v) is 20.3. The number of halogens is 4. The molecule has 19 heteroatoms. The molecular weight excluding hydrogens is 1080 g/mol. The van der Waals surface area contributed by atoms with Gasteiger partial charge in [0, 0.05) is 19.1 Å². The van der Waals surface area contributed by atoms with E-state index in [2.05, 4.69) is 15.9 Å². The summed E-state index contributed by atoms with van der Waals surface area (Å²) in [5.41, 5.74) is 0.392. The van der Waals surface area contributed by atoms with Gasteiger partial charge in [-0.05, 0) is 192 Å². The summed E-state index contributed by atoms with van der Waals surface area (Å²) in [6.45, 7) is 30.5. The van der Waals surface area contributed by atoms with Crippen LogP contribution in [-0.2, 0) is 60.1 Å². The molecule has 0 aromatic heterocycles. The van der Waals surface area contributed by atoms with Gasteiger partial charge in [-0.25, -0.2) is 8.78 Å². The normalized spacial score (nSPS) is 18.7. The van der Waals surface area contributed by atoms with Crippen molar-refractivity contribution in [3.8, 4) is 23.0 Å². The van der Waals surface area contributed by atoms with Crippen molar-refractivity contribution < 1.29 is 66.6 Å². The zero-order valence-corrected chi connectivity index (χ0v) is 46.4. The van der Waals surface area contributed by atoms with Gasteiger partial charge in [-0.3, -0.25) is 0 Å². The van der Waals surface area contributed by atoms with Crippen LogP contribution in [0, 0.1) is 11.6 Å². The molecule has 0 radical (unpaired) electrons. The van der Waals surface area contributed by atoms with Gasteiger partial charge < -0.3 is 56.3 Å². The number of ether oxygens (including phenoxy) is 6. The van der Waals surface area contributed by atoms with Crippen molar-refractivity contribution in [3.63, 3.8) is 0 Å². The number of rotatable bonds is 16. The van der Waals surface area contributed by atoms with Crippen LogP contribution >= 0.6 is 39.9 Å². The molecule has 0 N–H and O–H groups in total. The molecule has 12 nitrogen and oxygen atoms in total. The van der Waals surface area contributed by atoms with Crippen molar-refractivity contribution in [3.05, 3.63) is 112 Å². The van der Waals surface area contributed by atoms with Crippen LogP contribution in [0.4, 0.5) is 8.78 Å². The third-order valence-corrected chi connectivity index (χ3v) is 13.5. The molecule has 3 saturated heterocycles. The largest absolute Gasteiger partial charge is 0.495 e. The van der Waals surface area contributed by atoms with E-state index in [1.54, 1.807) is 24.3 Å². The van der Waals surface area contributed by atoms with Crippen molar-refractivity contribution in [2.24, 2.45) is 0 Å². The van der Waals surface area contributed by atoms with Gasteiger partial charge in [0.25, 0.3) is 0 Å². The Bertz CT molecular complexity index is 2160. The Hall–Kier alpha value is -2.66. The molecule has 0 aliphatic carbocycles. The lowest BCUT2D eigenvalue weighted by Crippen LogP contribution is -2.41. The Balaban J connectivity index is 0.000000369. The molecule has 70 heavy (non-hydrogen) atoms. The topological polar surface area (TPSA) is 111 Å². The fourth-order valence-corrected chi connectivity index (χ4v) is 6.92. The molecule has 3 aliphatic heterocycles. The minimum absolute atomic E-state index is 0. The fourth-order valence-electron chi connectivity index (χ4n) is 6.56. The Morgan fingerprint density at radius 3 is 1.19 bits per heavy atom. The van der Waals surface area contributed by atoms with E-state index in [1.165, 1.54) is 24.3 Å². The second-order valence-electron chi connectivity index (χ2n) is 19.5. The molecule has 388 valence electrons. The van der Waals surface area contributed by atoms with Crippen LogP contribution in [0.15, 0.2) is 89.4 Å². The number of hydrogen-bond donors (Lipinski definition) is 0. The molecular formula is C51H75B3BrF2IO12. The zero-order valence-electron chi connectivity index (χ0n) is 42.5. The van der Waals surface area contributed by atoms with Crippen molar-refractivity contribution >= 4 is 66.5 Å². The summed E-state index contributed by atoms with van der Waals surface area (Å²) in [4.78, 5) is 0. The molecule has 0 unspecified atom stereocenters. The highest BCUT2D eigenvalue weighted by Crippen LogP contribution is 2.43. The molecule has 7 rings (SSSR count). The van der Waals surface area contributed by atoms with Gasteiger partial charge in [0.2, 0.25) is 0 Å². The highest BCUT2D eigenvalue weighted by atomic mass is 127. The van der Waals surface area contributed by atoms with Gasteiger partial charge in [0.05, 0.1) is 46.8 Å². The summed E-state index contributed by atoms with van der Waals surface area (Å²) in [6, 6.07) is 23.0. The minimum Gasteiger partial charge on any atom is -0.457 e. The van der Waals surface area contributed by atoms with E-state index in [4.69, 9.17) is 56.3 Å². The van der Waals surface area contributed by atoms with E-state index < -0.39 is 32.3 Å². The molecule has 0 spiro atoms. The first-order valence-electron chi connectivity index (χ1n) is 22.9. The lowest BCUT2D eigenvalue weighted by molar-refractivity contribution is -0.0573. The molecule has 0 saturated carbocycles. The predicted octanol–water partition coefficient (Wildman–Crippen LogP) is 13.1. The molecule has 4 aromatic carbocycles. The van der Waals surface area contributed by atoms with Crippen LogP contribution in [0.2, 0.25) is 0 Å². The van der Waals surface area contributed by atoms with Gasteiger partial charge >= 0.3 is 21.1 Å². The van der Waals surface area contributed by atoms with Crippen LogP contribution < -0.4 is 14.9 Å². The van der Waals surface area contributed by atoms with Crippen LogP contribution in [-0.4, -0.2) is 81.5 Å². The molecule has 0 atom stereocenters. The molecule has 3 heterocycles. The predicted molar refractivity (Wildman–Crippen MR) is 288 cm³/mol. The standard InChI is InChI=1S/C22H28BFO5.C16H16BrFO3.C12H24B2O4.CH4.HI.H2/c1-6-25-15-26-14-16-13-19(27-18-9-7-17(24)8-10-18)11-12-20(16)23-28-21(2,3)22(4,5)29-23;1-2-19-11-20-10-12-9-15(7-8-16(12)17)21-14-5-3-13(18)4-6-14;1-9(2)10(3,4)16-13(15-9)14-17-11(5,6)12(7,8)18-14;;;/h7-13H,6,14-15H2,1-5H3;3-9H,2,10-11H2,1H3;1-8H3;1H4;2*1H. The first-order chi connectivity index (χ1) is 31.8. The lowest BCUT2D eigenvalue weighted by atomic mass is 9.49. The molecule has 3 aliphatic rings. The van der Waals surface area contributed by atoms with E-state index in [-0.39, 0.29) is 80.5 Å². The minimum atomic E-state index is -0.509. The highest BCUT2D eigenvalue weighted by Gasteiger charge is 2.63. The Labute approximate surface area is 443 Å². The highest BCUT2D eigenvalue weighted by molar-refractivity contribution is 14.0. The summed E-state index contributed by atoms with van der Waals surface area (Å²) < 4.78 is 96.2. The fraction of sp³-hybridized carbons (Fsp3) is 0.529. The maximum Gasteiger partial charge on any atom is 0.495 e. The van der Waals surface area contributed by atoms with Crippen LogP contribution in [0.5, 0.6) is 23.0 Å². The summed E-state index contributed by atoms with van der Waals surface area (Å²) >= 11 is 3.47. The Morgan fingerprint density at radius 2 is 0.800 bits per heavy atom. The van der Waals surface area contributed by atoms with E-state index in [1.807, 2.05) is 133 Å². The van der Waals surface area contributed by atoms with Crippen molar-refractivity contribution in [1.82, 2.24) is 0 Å². The van der Waals surface area contributed by atoms with Gasteiger partial charge in [-0.15, -0.1) is 24.0 Å². The first-order valence-corrected chi connectivity index (χ1v) is 23.7. The van der Waals surface area contributed by atoms with E-state index in [0.29, 0.717) is 49.4 Å². The molecule has 0 amide bonds. The van der Waals surface area contributed by atoms with Gasteiger partial charge in [-0.2, -0.15) is 0 Å². The van der Waals surface area contributed by atoms with Crippen molar-refractivity contribution in [1.29, 1.82) is 0 Å². The maximum absolute atomic E-state index is 13.1. The third-order valence-electron chi connectivity index (χ3n) is 12.8. The summed E-state index contributed by atoms with van der Waals surface area (Å²) in [5, 5.41) is 0. The third kappa shape index (κ3) is 16.4. The number of benzene rings is 4. The Kier molecular flexibility index (Phi) is 22.9. The van der Waals surface area contributed by atoms with Crippen LogP contribution in [0.3, 0.4) is 0 Å². The van der Waals surface area contributed by atoms with E-state index in [9.17, 15) is 8.78 Å². The van der Waals surface area contributed by atoms with Crippen molar-refractivity contribution in [2.45, 2.75) is 151 Å². The molecule has 4 aromatic rings. The van der Waals surface area contributed by atoms with Gasteiger partial charge in [0.15, 0.2) is 0 Å². The lowest BCUT2D eigenvalue weighted by Gasteiger charge is -2.32.